The molecule has 0 bridgehead atoms. The summed E-state index contributed by atoms with van der Waals surface area (Å²) in [5.74, 6) is -5.62. The molecule has 25 heavy (non-hydrogen) atoms. The number of carbonyl (C=O) groups is 3. The van der Waals surface area contributed by atoms with Crippen LogP contribution in [0.15, 0.2) is 0 Å². The van der Waals surface area contributed by atoms with Crippen molar-refractivity contribution < 1.29 is 53.9 Å². The van der Waals surface area contributed by atoms with Gasteiger partial charge < -0.3 is 0 Å². The molecule has 0 aliphatic heterocycles. The van der Waals surface area contributed by atoms with Gasteiger partial charge in [0.1, 0.15) is 0 Å². The molecule has 3 nitrogen and oxygen atoms in total. The number of hydrogen-bond acceptors (Lipinski definition) is 3. The molecule has 0 aliphatic carbocycles. The second-order valence-electron chi connectivity index (χ2n) is 3.88. The highest BCUT2D eigenvalue weighted by Gasteiger charge is 2.42. The fourth-order valence-corrected chi connectivity index (χ4v) is 0.711. The van der Waals surface area contributed by atoms with E-state index in [1.807, 2.05) is 6.92 Å². The molecule has 0 N–H and O–H groups in total. The number of Topliss-reactive ketones (excluding diaryl/α,β-unsaturated/α-hetero) is 3. The summed E-state index contributed by atoms with van der Waals surface area (Å²) in [5.41, 5.74) is 0. The van der Waals surface area contributed by atoms with Gasteiger partial charge in [-0.1, -0.05) is 13.8 Å². The van der Waals surface area contributed by atoms with Gasteiger partial charge in [0.25, 0.3) is 0 Å². The van der Waals surface area contributed by atoms with Crippen LogP contribution in [0, 0.1) is 0 Å². The normalized spacial score (nSPS) is 11.5. The summed E-state index contributed by atoms with van der Waals surface area (Å²) in [6.07, 6.45) is -18.4. The molecule has 0 saturated carbocycles. The Bertz CT molecular complexity index is 399. The zero-order chi connectivity index (χ0) is 21.1. The summed E-state index contributed by atoms with van der Waals surface area (Å²) in [4.78, 5) is 29.8. The second-order valence-corrected chi connectivity index (χ2v) is 4.42. The Hall–Kier alpha value is -1.33. The summed E-state index contributed by atoms with van der Waals surface area (Å²) in [5, 5.41) is 0. The minimum Gasteiger partial charge on any atom is -0.290 e. The summed E-state index contributed by atoms with van der Waals surface area (Å²) >= 11 is 5.00. The predicted octanol–water partition coefficient (Wildman–Crippen LogP) is 4.80. The highest BCUT2D eigenvalue weighted by Crippen LogP contribution is 2.22. The van der Waals surface area contributed by atoms with E-state index in [9.17, 15) is 53.9 Å². The van der Waals surface area contributed by atoms with E-state index in [0.29, 0.717) is 0 Å². The Labute approximate surface area is 141 Å². The molecule has 0 spiro atoms. The first-order valence-corrected chi connectivity index (χ1v) is 6.84. The molecule has 0 radical (unpaired) electrons. The van der Waals surface area contributed by atoms with Crippen LogP contribution in [0.5, 0.6) is 0 Å². The second kappa shape index (κ2) is 12.1. The number of carbonyl (C=O) groups excluding carboxylic acids is 3. The number of halogens is 10. The van der Waals surface area contributed by atoms with Gasteiger partial charge >= 0.3 is 18.5 Å². The lowest BCUT2D eigenvalue weighted by atomic mass is 10.1. The fourth-order valence-electron chi connectivity index (χ4n) is 0.711. The van der Waals surface area contributed by atoms with Crippen LogP contribution in [0.25, 0.3) is 0 Å². The maximum Gasteiger partial charge on any atom is 0.449 e. The van der Waals surface area contributed by atoms with Crippen LogP contribution in [0.4, 0.5) is 39.5 Å². The molecule has 0 unspecified atom stereocenters. The van der Waals surface area contributed by atoms with E-state index in [2.05, 4.69) is 0 Å². The van der Waals surface area contributed by atoms with Crippen molar-refractivity contribution in [2.75, 3.05) is 5.88 Å². The monoisotopic (exact) mass is 412 g/mol. The van der Waals surface area contributed by atoms with Gasteiger partial charge in [0.2, 0.25) is 17.3 Å². The van der Waals surface area contributed by atoms with E-state index < -0.39 is 55.1 Å². The summed E-state index contributed by atoms with van der Waals surface area (Å²) in [6, 6.07) is 0. The minimum absolute atomic E-state index is 0.469. The Morgan fingerprint density at radius 3 is 0.920 bits per heavy atom. The Kier molecular flexibility index (Phi) is 13.8. The SMILES string of the molecule is CCC(=O)C(F)(F)F.CCCl.O=C(CCC(=O)C(F)(F)F)C(F)(F)F. The van der Waals surface area contributed by atoms with Crippen LogP contribution >= 0.6 is 11.6 Å². The van der Waals surface area contributed by atoms with Crippen molar-refractivity contribution in [1.82, 2.24) is 0 Å². The zero-order valence-electron chi connectivity index (χ0n) is 12.8. The van der Waals surface area contributed by atoms with Crippen LogP contribution in [0.1, 0.15) is 33.1 Å². The van der Waals surface area contributed by atoms with Gasteiger partial charge in [0.05, 0.1) is 0 Å². The molecule has 0 saturated heterocycles. The van der Waals surface area contributed by atoms with Crippen LogP contribution < -0.4 is 0 Å². The maximum atomic E-state index is 11.5. The summed E-state index contributed by atoms with van der Waals surface area (Å²) < 4.78 is 102. The third-order valence-electron chi connectivity index (χ3n) is 1.85. The average Bonchev–Trinajstić information content (AvgIpc) is 2.41. The molecule has 0 aliphatic rings. The van der Waals surface area contributed by atoms with Crippen molar-refractivity contribution >= 4 is 29.0 Å². The molecule has 0 amide bonds. The fraction of sp³-hybridized carbons (Fsp3) is 0.750. The first-order chi connectivity index (χ1) is 10.9. The van der Waals surface area contributed by atoms with Crippen LogP contribution in [-0.2, 0) is 14.4 Å². The molecule has 0 fully saturated rings. The smallest absolute Gasteiger partial charge is 0.290 e. The number of rotatable bonds is 4. The topological polar surface area (TPSA) is 51.2 Å². The quantitative estimate of drug-likeness (QED) is 0.492. The molecule has 0 aromatic rings. The molecule has 0 rings (SSSR count). The van der Waals surface area contributed by atoms with Crippen molar-refractivity contribution in [3.05, 3.63) is 0 Å². The summed E-state index contributed by atoms with van der Waals surface area (Å²) in [6.45, 7) is 3.07. The van der Waals surface area contributed by atoms with Gasteiger partial charge in [-0.2, -0.15) is 39.5 Å². The van der Waals surface area contributed by atoms with Crippen LogP contribution in [0.3, 0.4) is 0 Å². The van der Waals surface area contributed by atoms with Crippen molar-refractivity contribution in [3.63, 3.8) is 0 Å². The van der Waals surface area contributed by atoms with Gasteiger partial charge in [-0.3, -0.25) is 14.4 Å². The Morgan fingerprint density at radius 1 is 0.640 bits per heavy atom. The summed E-state index contributed by atoms with van der Waals surface area (Å²) in [7, 11) is 0. The number of alkyl halides is 10. The Morgan fingerprint density at radius 2 is 0.840 bits per heavy atom. The van der Waals surface area contributed by atoms with Crippen molar-refractivity contribution in [3.8, 4) is 0 Å². The van der Waals surface area contributed by atoms with E-state index >= 15 is 0 Å². The van der Waals surface area contributed by atoms with Crippen molar-refractivity contribution in [1.29, 1.82) is 0 Å². The first-order valence-electron chi connectivity index (χ1n) is 6.31. The van der Waals surface area contributed by atoms with Gasteiger partial charge in [0.15, 0.2) is 0 Å². The Balaban J connectivity index is -0.000000371. The van der Waals surface area contributed by atoms with Gasteiger partial charge in [-0.05, 0) is 0 Å². The molecular formula is C12H14ClF9O3. The molecule has 13 heteroatoms. The van der Waals surface area contributed by atoms with Gasteiger partial charge in [-0.25, -0.2) is 0 Å². The van der Waals surface area contributed by atoms with Crippen molar-refractivity contribution in [2.45, 2.75) is 51.6 Å². The third-order valence-corrected chi connectivity index (χ3v) is 1.85. The maximum absolute atomic E-state index is 11.5. The van der Waals surface area contributed by atoms with E-state index in [-0.39, 0.29) is 0 Å². The molecule has 0 atom stereocenters. The van der Waals surface area contributed by atoms with Crippen LogP contribution in [0.2, 0.25) is 0 Å². The number of hydrogen-bond donors (Lipinski definition) is 0. The van der Waals surface area contributed by atoms with Gasteiger partial charge in [0, 0.05) is 25.1 Å². The van der Waals surface area contributed by atoms with Gasteiger partial charge in [-0.15, -0.1) is 11.6 Å². The van der Waals surface area contributed by atoms with Crippen LogP contribution in [-0.4, -0.2) is 41.8 Å². The molecule has 0 aromatic carbocycles. The molecular weight excluding hydrogens is 399 g/mol. The van der Waals surface area contributed by atoms with E-state index in [4.69, 9.17) is 11.6 Å². The molecule has 0 aromatic heterocycles. The average molecular weight is 413 g/mol. The first kappa shape index (κ1) is 28.5. The lowest BCUT2D eigenvalue weighted by Gasteiger charge is -2.06. The van der Waals surface area contributed by atoms with Crippen molar-refractivity contribution in [2.24, 2.45) is 0 Å². The molecule has 150 valence electrons. The van der Waals surface area contributed by atoms with E-state index in [0.717, 1.165) is 5.88 Å². The largest absolute Gasteiger partial charge is 0.449 e. The highest BCUT2D eigenvalue weighted by molar-refractivity contribution is 6.17. The lowest BCUT2D eigenvalue weighted by Crippen LogP contribution is -2.27. The van der Waals surface area contributed by atoms with E-state index in [1.165, 1.54) is 6.92 Å². The minimum atomic E-state index is -5.19. The zero-order valence-corrected chi connectivity index (χ0v) is 13.6. The highest BCUT2D eigenvalue weighted by atomic mass is 35.5. The standard InChI is InChI=1S/C6H4F6O2.C4H5F3O.C2H5Cl/c7-5(8,9)3(13)1-2-4(14)6(10,11)12;1-2-3(8)4(5,6)7;1-2-3/h1-2H2;2H2,1H3;2H2,1H3. The number of ketones is 3. The van der Waals surface area contributed by atoms with E-state index in [1.54, 1.807) is 0 Å². The third kappa shape index (κ3) is 17.3. The predicted molar refractivity (Wildman–Crippen MR) is 69.1 cm³/mol. The lowest BCUT2D eigenvalue weighted by molar-refractivity contribution is -0.176. The molecule has 0 heterocycles.